The Kier molecular flexibility index (Phi) is 3.24. The number of aromatic nitrogens is 3. The molecule has 0 unspecified atom stereocenters. The molecule has 1 N–H and O–H groups in total. The summed E-state index contributed by atoms with van der Waals surface area (Å²) in [6.45, 7) is 0. The molecule has 0 aliphatic rings. The number of phenolic OH excluding ortho intramolecular Hbond substituents is 1. The normalized spacial score (nSPS) is 11.0. The Hall–Kier alpha value is -2.86. The second-order valence-electron chi connectivity index (χ2n) is 5.00. The number of ether oxygens (including phenoxy) is 1. The topological polar surface area (TPSA) is 59.7 Å². The van der Waals surface area contributed by atoms with E-state index in [4.69, 9.17) is 9.84 Å². The van der Waals surface area contributed by atoms with Gasteiger partial charge in [0.1, 0.15) is 5.69 Å². The predicted molar refractivity (Wildman–Crippen MR) is 90.0 cm³/mol. The first-order valence-corrected chi connectivity index (χ1v) is 7.90. The van der Waals surface area contributed by atoms with Gasteiger partial charge in [-0.15, -0.1) is 11.3 Å². The monoisotopic (exact) mass is 323 g/mol. The fourth-order valence-electron chi connectivity index (χ4n) is 2.46. The van der Waals surface area contributed by atoms with Crippen LogP contribution in [0, 0.1) is 0 Å². The van der Waals surface area contributed by atoms with E-state index in [1.165, 1.54) is 7.11 Å². The van der Waals surface area contributed by atoms with Crippen molar-refractivity contribution in [2.75, 3.05) is 7.11 Å². The van der Waals surface area contributed by atoms with Gasteiger partial charge in [-0.1, -0.05) is 6.07 Å². The third-order valence-corrected chi connectivity index (χ3v) is 4.50. The van der Waals surface area contributed by atoms with E-state index < -0.39 is 0 Å². The van der Waals surface area contributed by atoms with E-state index in [0.717, 1.165) is 27.5 Å². The van der Waals surface area contributed by atoms with Crippen molar-refractivity contribution in [1.82, 2.24) is 14.6 Å². The van der Waals surface area contributed by atoms with Crippen molar-refractivity contribution in [3.05, 3.63) is 54.0 Å². The zero-order valence-electron chi connectivity index (χ0n) is 12.3. The molecule has 23 heavy (non-hydrogen) atoms. The second kappa shape index (κ2) is 5.40. The highest BCUT2D eigenvalue weighted by Gasteiger charge is 2.11. The van der Waals surface area contributed by atoms with E-state index in [2.05, 4.69) is 4.98 Å². The number of benzene rings is 1. The molecule has 4 rings (SSSR count). The van der Waals surface area contributed by atoms with Gasteiger partial charge in [-0.25, -0.2) is 9.50 Å². The van der Waals surface area contributed by atoms with Gasteiger partial charge in [0, 0.05) is 5.56 Å². The number of rotatable bonds is 3. The lowest BCUT2D eigenvalue weighted by molar-refractivity contribution is 0.373. The van der Waals surface area contributed by atoms with Crippen LogP contribution in [0.5, 0.6) is 11.5 Å². The minimum absolute atomic E-state index is 0.110. The second-order valence-corrected chi connectivity index (χ2v) is 5.94. The molecule has 114 valence electrons. The lowest BCUT2D eigenvalue weighted by atomic mass is 10.1. The highest BCUT2D eigenvalue weighted by molar-refractivity contribution is 7.13. The number of phenols is 1. The molecule has 4 aromatic rings. The van der Waals surface area contributed by atoms with Gasteiger partial charge in [-0.05, 0) is 41.8 Å². The molecule has 6 heteroatoms. The van der Waals surface area contributed by atoms with Gasteiger partial charge in [0.25, 0.3) is 0 Å². The maximum absolute atomic E-state index is 9.73. The number of hydrogen-bond acceptors (Lipinski definition) is 5. The fourth-order valence-corrected chi connectivity index (χ4v) is 3.18. The van der Waals surface area contributed by atoms with Crippen LogP contribution in [0.1, 0.15) is 0 Å². The summed E-state index contributed by atoms with van der Waals surface area (Å²) in [5.74, 6) is 0.535. The first-order chi connectivity index (χ1) is 11.3. The van der Waals surface area contributed by atoms with Crippen molar-refractivity contribution in [3.63, 3.8) is 0 Å². The highest BCUT2D eigenvalue weighted by Crippen LogP contribution is 2.31. The Morgan fingerprint density at radius 3 is 2.87 bits per heavy atom. The summed E-state index contributed by atoms with van der Waals surface area (Å²) in [5, 5.41) is 16.5. The van der Waals surface area contributed by atoms with Gasteiger partial charge in [0.15, 0.2) is 17.1 Å². The zero-order valence-corrected chi connectivity index (χ0v) is 13.1. The number of aromatic hydroxyl groups is 1. The smallest absolute Gasteiger partial charge is 0.161 e. The Balaban J connectivity index is 1.87. The molecule has 5 nitrogen and oxygen atoms in total. The SMILES string of the molecule is COc1cc(-c2ccc3ncc(-c4cccs4)n3n2)ccc1O. The van der Waals surface area contributed by atoms with Gasteiger partial charge < -0.3 is 9.84 Å². The van der Waals surface area contributed by atoms with Gasteiger partial charge in [0.05, 0.1) is 23.9 Å². The molecule has 0 saturated heterocycles. The third kappa shape index (κ3) is 2.33. The molecular weight excluding hydrogens is 310 g/mol. The van der Waals surface area contributed by atoms with E-state index >= 15 is 0 Å². The van der Waals surface area contributed by atoms with Crippen LogP contribution in [0.2, 0.25) is 0 Å². The van der Waals surface area contributed by atoms with Crippen LogP contribution in [0.25, 0.3) is 27.5 Å². The molecule has 0 aliphatic heterocycles. The summed E-state index contributed by atoms with van der Waals surface area (Å²) in [4.78, 5) is 5.52. The molecule has 3 aromatic heterocycles. The van der Waals surface area contributed by atoms with Crippen LogP contribution < -0.4 is 4.74 Å². The Morgan fingerprint density at radius 2 is 2.09 bits per heavy atom. The van der Waals surface area contributed by atoms with Gasteiger partial charge >= 0.3 is 0 Å². The predicted octanol–water partition coefficient (Wildman–Crippen LogP) is 3.84. The van der Waals surface area contributed by atoms with Crippen molar-refractivity contribution in [1.29, 1.82) is 0 Å². The first-order valence-electron chi connectivity index (χ1n) is 7.02. The maximum Gasteiger partial charge on any atom is 0.161 e. The van der Waals surface area contributed by atoms with E-state index in [1.54, 1.807) is 23.5 Å². The molecule has 0 saturated carbocycles. The quantitative estimate of drug-likeness (QED) is 0.622. The molecule has 3 heterocycles. The summed E-state index contributed by atoms with van der Waals surface area (Å²) >= 11 is 1.65. The molecule has 1 aromatic carbocycles. The number of nitrogens with zero attached hydrogens (tertiary/aromatic N) is 3. The molecular formula is C17H13N3O2S. The van der Waals surface area contributed by atoms with Gasteiger partial charge in [-0.2, -0.15) is 5.10 Å². The van der Waals surface area contributed by atoms with Crippen molar-refractivity contribution in [3.8, 4) is 33.3 Å². The molecule has 0 radical (unpaired) electrons. The van der Waals surface area contributed by atoms with Crippen LogP contribution in [0.15, 0.2) is 54.0 Å². The maximum atomic E-state index is 9.73. The summed E-state index contributed by atoms with van der Waals surface area (Å²) in [7, 11) is 1.53. The molecule has 0 fully saturated rings. The third-order valence-electron chi connectivity index (χ3n) is 3.61. The number of thiophene rings is 1. The van der Waals surface area contributed by atoms with Crippen molar-refractivity contribution >= 4 is 17.0 Å². The average molecular weight is 323 g/mol. The van der Waals surface area contributed by atoms with Crippen molar-refractivity contribution in [2.45, 2.75) is 0 Å². The van der Waals surface area contributed by atoms with Gasteiger partial charge in [-0.3, -0.25) is 0 Å². The number of imidazole rings is 1. The first kappa shape index (κ1) is 13.8. The van der Waals surface area contributed by atoms with Crippen LogP contribution in [-0.4, -0.2) is 26.8 Å². The number of fused-ring (bicyclic) bond motifs is 1. The molecule has 0 atom stereocenters. The highest BCUT2D eigenvalue weighted by atomic mass is 32.1. The summed E-state index contributed by atoms with van der Waals surface area (Å²) in [6, 6.07) is 13.1. The summed E-state index contributed by atoms with van der Waals surface area (Å²) in [6.07, 6.45) is 1.83. The van der Waals surface area contributed by atoms with Crippen molar-refractivity contribution in [2.24, 2.45) is 0 Å². The molecule has 0 spiro atoms. The minimum Gasteiger partial charge on any atom is -0.504 e. The van der Waals surface area contributed by atoms with E-state index in [-0.39, 0.29) is 5.75 Å². The van der Waals surface area contributed by atoms with Crippen LogP contribution in [0.3, 0.4) is 0 Å². The summed E-state index contributed by atoms with van der Waals surface area (Å²) in [5.41, 5.74) is 3.41. The Morgan fingerprint density at radius 1 is 1.17 bits per heavy atom. The number of methoxy groups -OCH3 is 1. The molecule has 0 amide bonds. The molecule has 0 aliphatic carbocycles. The fraction of sp³-hybridized carbons (Fsp3) is 0.0588. The largest absolute Gasteiger partial charge is 0.504 e. The minimum atomic E-state index is 0.110. The van der Waals surface area contributed by atoms with Crippen LogP contribution in [0.4, 0.5) is 0 Å². The van der Waals surface area contributed by atoms with Crippen LogP contribution in [-0.2, 0) is 0 Å². The van der Waals surface area contributed by atoms with E-state index in [0.29, 0.717) is 5.75 Å². The van der Waals surface area contributed by atoms with Gasteiger partial charge in [0.2, 0.25) is 0 Å². The Labute approximate surface area is 136 Å². The lowest BCUT2D eigenvalue weighted by Gasteiger charge is -2.07. The standard InChI is InChI=1S/C17H13N3O2S/c1-22-15-9-11(4-6-14(15)21)12-5-7-17-18-10-13(20(17)19-12)16-3-2-8-23-16/h2-10,21H,1H3. The van der Waals surface area contributed by atoms with E-state index in [1.807, 2.05) is 46.4 Å². The number of hydrogen-bond donors (Lipinski definition) is 1. The average Bonchev–Trinajstić information content (AvgIpc) is 3.23. The summed E-state index contributed by atoms with van der Waals surface area (Å²) < 4.78 is 7.00. The Bertz CT molecular complexity index is 977. The molecule has 0 bridgehead atoms. The van der Waals surface area contributed by atoms with Crippen molar-refractivity contribution < 1.29 is 9.84 Å². The lowest BCUT2D eigenvalue weighted by Crippen LogP contribution is -1.96. The van der Waals surface area contributed by atoms with E-state index in [9.17, 15) is 5.11 Å². The zero-order chi connectivity index (χ0) is 15.8. The van der Waals surface area contributed by atoms with Crippen LogP contribution >= 0.6 is 11.3 Å².